The molecule has 0 aromatic heterocycles. The molecule has 1 saturated heterocycles. The van der Waals surface area contributed by atoms with Crippen molar-refractivity contribution in [3.63, 3.8) is 0 Å². The summed E-state index contributed by atoms with van der Waals surface area (Å²) in [4.78, 5) is 44.2. The fourth-order valence-corrected chi connectivity index (χ4v) is 5.60. The lowest BCUT2D eigenvalue weighted by Gasteiger charge is -2.34. The first-order chi connectivity index (χ1) is 17.4. The van der Waals surface area contributed by atoms with Crippen LogP contribution < -0.4 is 9.64 Å². The van der Waals surface area contributed by atoms with Gasteiger partial charge < -0.3 is 24.4 Å². The number of para-hydroxylation sites is 1. The molecule has 36 heavy (non-hydrogen) atoms. The molecule has 188 valence electrons. The molecule has 2 aromatic carbocycles. The van der Waals surface area contributed by atoms with Crippen molar-refractivity contribution in [2.45, 2.75) is 44.8 Å². The Morgan fingerprint density at radius 3 is 2.69 bits per heavy atom. The third kappa shape index (κ3) is 3.35. The number of nitrogens with zero attached hydrogens (tertiary/aromatic N) is 2. The maximum atomic E-state index is 14.3. The summed E-state index contributed by atoms with van der Waals surface area (Å²) in [5.41, 5.74) is 0.462. The number of benzene rings is 2. The van der Waals surface area contributed by atoms with E-state index in [0.29, 0.717) is 29.8 Å². The van der Waals surface area contributed by atoms with Crippen molar-refractivity contribution in [1.29, 1.82) is 0 Å². The molecule has 2 amide bonds. The van der Waals surface area contributed by atoms with E-state index in [9.17, 15) is 19.5 Å². The van der Waals surface area contributed by atoms with Gasteiger partial charge in [0.1, 0.15) is 17.6 Å². The molecule has 2 unspecified atom stereocenters. The lowest BCUT2D eigenvalue weighted by atomic mass is 9.81. The lowest BCUT2D eigenvalue weighted by molar-refractivity contribution is -0.144. The lowest BCUT2D eigenvalue weighted by Crippen LogP contribution is -2.52. The summed E-state index contributed by atoms with van der Waals surface area (Å²) in [6.45, 7) is 4.59. The van der Waals surface area contributed by atoms with Gasteiger partial charge in [-0.15, -0.1) is 0 Å². The van der Waals surface area contributed by atoms with Gasteiger partial charge in [-0.2, -0.15) is 0 Å². The Hall–Kier alpha value is -3.65. The average Bonchev–Trinajstić information content (AvgIpc) is 3.44. The summed E-state index contributed by atoms with van der Waals surface area (Å²) in [6.07, 6.45) is 2.29. The van der Waals surface area contributed by atoms with Gasteiger partial charge in [0.25, 0.3) is 17.6 Å². The third-order valence-corrected chi connectivity index (χ3v) is 7.23. The van der Waals surface area contributed by atoms with Crippen molar-refractivity contribution in [3.05, 3.63) is 64.7 Å². The van der Waals surface area contributed by atoms with E-state index in [1.165, 1.54) is 12.0 Å². The standard InChI is InChI=1S/C28H30N2O6/c1-4-5-12-29-21-9-7-6-8-20(21)28(27(29)34)23(25(32)26(33)30(28)13-14-35-3)24(31)18-10-11-22-19(16-18)15-17(2)36-22/h6-11,16-17,31H,4-5,12-15H2,1-3H3/b24-23-. The van der Waals surface area contributed by atoms with Crippen LogP contribution in [0.5, 0.6) is 5.75 Å². The van der Waals surface area contributed by atoms with E-state index in [-0.39, 0.29) is 30.6 Å². The maximum Gasteiger partial charge on any atom is 0.296 e. The molecule has 8 nitrogen and oxygen atoms in total. The molecule has 1 N–H and O–H groups in total. The molecule has 0 aliphatic carbocycles. The van der Waals surface area contributed by atoms with Crippen molar-refractivity contribution in [2.24, 2.45) is 0 Å². The number of ether oxygens (including phenoxy) is 2. The van der Waals surface area contributed by atoms with Crippen LogP contribution in [0, 0.1) is 0 Å². The smallest absolute Gasteiger partial charge is 0.296 e. The highest BCUT2D eigenvalue weighted by molar-refractivity contribution is 6.50. The number of hydrogen-bond acceptors (Lipinski definition) is 6. The van der Waals surface area contributed by atoms with Crippen LogP contribution in [0.15, 0.2) is 48.0 Å². The van der Waals surface area contributed by atoms with Crippen molar-refractivity contribution in [3.8, 4) is 5.75 Å². The number of likely N-dealkylation sites (tertiary alicyclic amines) is 1. The van der Waals surface area contributed by atoms with Gasteiger partial charge in [-0.05, 0) is 43.2 Å². The second-order valence-corrected chi connectivity index (χ2v) is 9.50. The van der Waals surface area contributed by atoms with E-state index in [2.05, 4.69) is 0 Å². The number of unbranched alkanes of at least 4 members (excludes halogenated alkanes) is 1. The number of amides is 2. The fraction of sp³-hybridized carbons (Fsp3) is 0.393. The molecule has 8 heteroatoms. The number of aliphatic hydroxyl groups is 1. The van der Waals surface area contributed by atoms with Crippen LogP contribution in [0.3, 0.4) is 0 Å². The Labute approximate surface area is 210 Å². The Bertz CT molecular complexity index is 1280. The monoisotopic (exact) mass is 490 g/mol. The SMILES string of the molecule is CCCCN1C(=O)C2(/C(=C(\O)c3ccc4c(c3)CC(C)O4)C(=O)C(=O)N2CCOC)c2ccccc21. The number of ketones is 1. The molecule has 0 radical (unpaired) electrons. The first-order valence-corrected chi connectivity index (χ1v) is 12.4. The van der Waals surface area contributed by atoms with Crippen LogP contribution in [0.25, 0.3) is 5.76 Å². The van der Waals surface area contributed by atoms with Crippen molar-refractivity contribution >= 4 is 29.0 Å². The topological polar surface area (TPSA) is 96.4 Å². The van der Waals surface area contributed by atoms with Gasteiger partial charge in [0, 0.05) is 37.7 Å². The van der Waals surface area contributed by atoms with E-state index >= 15 is 0 Å². The molecule has 5 rings (SSSR count). The van der Waals surface area contributed by atoms with E-state index in [1.54, 1.807) is 35.2 Å². The van der Waals surface area contributed by atoms with Gasteiger partial charge in [-0.25, -0.2) is 0 Å². The number of fused-ring (bicyclic) bond motifs is 3. The Balaban J connectivity index is 1.76. The summed E-state index contributed by atoms with van der Waals surface area (Å²) in [5.74, 6) is -1.76. The predicted molar refractivity (Wildman–Crippen MR) is 134 cm³/mol. The number of rotatable bonds is 7. The number of carbonyl (C=O) groups is 3. The first-order valence-electron chi connectivity index (χ1n) is 12.4. The molecule has 0 saturated carbocycles. The number of anilines is 1. The number of carbonyl (C=O) groups excluding carboxylic acids is 3. The Morgan fingerprint density at radius 2 is 1.94 bits per heavy atom. The van der Waals surface area contributed by atoms with Gasteiger partial charge in [-0.1, -0.05) is 31.5 Å². The zero-order valence-electron chi connectivity index (χ0n) is 20.7. The van der Waals surface area contributed by atoms with Crippen LogP contribution in [-0.2, 0) is 31.1 Å². The third-order valence-electron chi connectivity index (χ3n) is 7.23. The molecule has 2 atom stereocenters. The van der Waals surface area contributed by atoms with Crippen molar-refractivity contribution in [2.75, 3.05) is 31.7 Å². The highest BCUT2D eigenvalue weighted by Crippen LogP contribution is 2.53. The second-order valence-electron chi connectivity index (χ2n) is 9.50. The molecule has 3 heterocycles. The predicted octanol–water partition coefficient (Wildman–Crippen LogP) is 3.38. The van der Waals surface area contributed by atoms with E-state index < -0.39 is 23.1 Å². The molecule has 1 spiro atoms. The molecular formula is C28H30N2O6. The minimum atomic E-state index is -1.76. The van der Waals surface area contributed by atoms with Crippen molar-refractivity contribution < 1.29 is 29.0 Å². The summed E-state index contributed by atoms with van der Waals surface area (Å²) < 4.78 is 11.0. The zero-order chi connectivity index (χ0) is 25.6. The zero-order valence-corrected chi connectivity index (χ0v) is 20.7. The van der Waals surface area contributed by atoms with E-state index in [0.717, 1.165) is 24.2 Å². The minimum absolute atomic E-state index is 0.00558. The number of hydrogen-bond donors (Lipinski definition) is 1. The highest BCUT2D eigenvalue weighted by atomic mass is 16.5. The molecule has 0 bridgehead atoms. The summed E-state index contributed by atoms with van der Waals surface area (Å²) in [6, 6.07) is 12.4. The summed E-state index contributed by atoms with van der Waals surface area (Å²) in [5, 5.41) is 11.6. The van der Waals surface area contributed by atoms with Gasteiger partial charge >= 0.3 is 0 Å². The summed E-state index contributed by atoms with van der Waals surface area (Å²) >= 11 is 0. The molecule has 2 aromatic rings. The van der Waals surface area contributed by atoms with Gasteiger partial charge in [0.05, 0.1) is 17.9 Å². The highest BCUT2D eigenvalue weighted by Gasteiger charge is 2.66. The maximum absolute atomic E-state index is 14.3. The summed E-state index contributed by atoms with van der Waals surface area (Å²) in [7, 11) is 1.49. The van der Waals surface area contributed by atoms with Crippen LogP contribution in [0.2, 0.25) is 0 Å². The van der Waals surface area contributed by atoms with Crippen LogP contribution in [0.4, 0.5) is 5.69 Å². The molecule has 3 aliphatic rings. The van der Waals surface area contributed by atoms with Crippen molar-refractivity contribution in [1.82, 2.24) is 4.90 Å². The minimum Gasteiger partial charge on any atom is -0.507 e. The molecule has 1 fully saturated rings. The first kappa shape index (κ1) is 24.1. The number of methoxy groups -OCH3 is 1. The number of Topliss-reactive ketones (excluding diaryl/α,β-unsaturated/α-hetero) is 1. The van der Waals surface area contributed by atoms with Gasteiger partial charge in [-0.3, -0.25) is 14.4 Å². The largest absolute Gasteiger partial charge is 0.507 e. The molecular weight excluding hydrogens is 460 g/mol. The Kier molecular flexibility index (Phi) is 6.08. The van der Waals surface area contributed by atoms with Gasteiger partial charge in [0.15, 0.2) is 5.54 Å². The van der Waals surface area contributed by atoms with Crippen LogP contribution >= 0.6 is 0 Å². The normalized spacial score (nSPS) is 24.0. The second kappa shape index (κ2) is 9.09. The fourth-order valence-electron chi connectivity index (χ4n) is 5.60. The quantitative estimate of drug-likeness (QED) is 0.363. The Morgan fingerprint density at radius 1 is 1.17 bits per heavy atom. The number of aliphatic hydroxyl groups excluding tert-OH is 1. The van der Waals surface area contributed by atoms with Crippen LogP contribution in [-0.4, -0.2) is 60.5 Å². The van der Waals surface area contributed by atoms with Gasteiger partial charge in [0.2, 0.25) is 0 Å². The molecule has 3 aliphatic heterocycles. The van der Waals surface area contributed by atoms with E-state index in [4.69, 9.17) is 9.47 Å². The van der Waals surface area contributed by atoms with E-state index in [1.807, 2.05) is 26.0 Å². The average molecular weight is 491 g/mol. The van der Waals surface area contributed by atoms with Crippen LogP contribution in [0.1, 0.15) is 43.4 Å².